The fourth-order valence-electron chi connectivity index (χ4n) is 2.33. The largest absolute Gasteiger partial charge is 0.493 e. The van der Waals surface area contributed by atoms with Crippen molar-refractivity contribution in [2.45, 2.75) is 32.1 Å². The maximum absolute atomic E-state index is 5.71. The lowest BCUT2D eigenvalue weighted by Gasteiger charge is -2.24. The molecule has 2 heterocycles. The summed E-state index contributed by atoms with van der Waals surface area (Å²) in [6, 6.07) is 8.33. The first-order chi connectivity index (χ1) is 8.75. The lowest BCUT2D eigenvalue weighted by molar-refractivity contribution is 0.277. The quantitative estimate of drug-likeness (QED) is 0.807. The van der Waals surface area contributed by atoms with Crippen LogP contribution in [0, 0.1) is 0 Å². The van der Waals surface area contributed by atoms with E-state index in [0.717, 1.165) is 18.8 Å². The van der Waals surface area contributed by atoms with E-state index in [1.54, 1.807) is 0 Å². The van der Waals surface area contributed by atoms with Crippen molar-refractivity contribution in [3.05, 3.63) is 45.9 Å². The molecule has 3 rings (SSSR count). The van der Waals surface area contributed by atoms with Crippen LogP contribution in [0.3, 0.4) is 0 Å². The number of rotatable bonds is 2. The fraction of sp³-hybridized carbons (Fsp3) is 0.400. The van der Waals surface area contributed by atoms with Crippen LogP contribution < -0.4 is 4.74 Å². The van der Waals surface area contributed by atoms with Crippen LogP contribution in [-0.2, 0) is 0 Å². The Morgan fingerprint density at radius 1 is 1.33 bits per heavy atom. The van der Waals surface area contributed by atoms with Gasteiger partial charge < -0.3 is 4.74 Å². The molecule has 2 nitrogen and oxygen atoms in total. The van der Waals surface area contributed by atoms with Crippen molar-refractivity contribution in [2.75, 3.05) is 6.61 Å². The third kappa shape index (κ3) is 2.03. The SMILES string of the molecule is CC(C)c1cnc(C2CCOc3ccccc32)s1. The number of hydrogen-bond donors (Lipinski definition) is 0. The van der Waals surface area contributed by atoms with E-state index in [9.17, 15) is 0 Å². The van der Waals surface area contributed by atoms with Crippen LogP contribution in [0.5, 0.6) is 5.75 Å². The molecule has 0 N–H and O–H groups in total. The van der Waals surface area contributed by atoms with E-state index >= 15 is 0 Å². The minimum absolute atomic E-state index is 0.410. The van der Waals surface area contributed by atoms with Gasteiger partial charge in [-0.25, -0.2) is 4.98 Å². The van der Waals surface area contributed by atoms with Crippen molar-refractivity contribution < 1.29 is 4.74 Å². The number of benzene rings is 1. The van der Waals surface area contributed by atoms with Gasteiger partial charge in [0.1, 0.15) is 10.8 Å². The van der Waals surface area contributed by atoms with Crippen molar-refractivity contribution in [1.29, 1.82) is 0 Å². The monoisotopic (exact) mass is 259 g/mol. The van der Waals surface area contributed by atoms with Crippen LogP contribution in [0.15, 0.2) is 30.5 Å². The normalized spacial score (nSPS) is 18.5. The number of para-hydroxylation sites is 1. The molecule has 0 aliphatic carbocycles. The Kier molecular flexibility index (Phi) is 3.08. The Morgan fingerprint density at radius 2 is 2.17 bits per heavy atom. The molecular weight excluding hydrogens is 242 g/mol. The van der Waals surface area contributed by atoms with Gasteiger partial charge >= 0.3 is 0 Å². The first-order valence-electron chi connectivity index (χ1n) is 6.43. The van der Waals surface area contributed by atoms with Crippen molar-refractivity contribution in [3.8, 4) is 5.75 Å². The van der Waals surface area contributed by atoms with Crippen molar-refractivity contribution in [1.82, 2.24) is 4.98 Å². The van der Waals surface area contributed by atoms with Crippen LogP contribution in [0.2, 0.25) is 0 Å². The first-order valence-corrected chi connectivity index (χ1v) is 7.24. The summed E-state index contributed by atoms with van der Waals surface area (Å²) in [7, 11) is 0. The van der Waals surface area contributed by atoms with E-state index in [1.165, 1.54) is 15.4 Å². The van der Waals surface area contributed by atoms with Gasteiger partial charge in [0.25, 0.3) is 0 Å². The molecule has 1 atom stereocenters. The number of nitrogens with zero attached hydrogens (tertiary/aromatic N) is 1. The van der Waals surface area contributed by atoms with E-state index in [-0.39, 0.29) is 0 Å². The van der Waals surface area contributed by atoms with Gasteiger partial charge in [-0.15, -0.1) is 11.3 Å². The second kappa shape index (κ2) is 4.73. The average Bonchev–Trinajstić information content (AvgIpc) is 2.87. The number of aromatic nitrogens is 1. The summed E-state index contributed by atoms with van der Waals surface area (Å²) < 4.78 is 5.71. The molecule has 2 aromatic rings. The average molecular weight is 259 g/mol. The van der Waals surface area contributed by atoms with E-state index in [0.29, 0.717) is 11.8 Å². The number of fused-ring (bicyclic) bond motifs is 1. The van der Waals surface area contributed by atoms with E-state index in [1.807, 2.05) is 23.6 Å². The van der Waals surface area contributed by atoms with E-state index in [2.05, 4.69) is 37.0 Å². The maximum Gasteiger partial charge on any atom is 0.123 e. The van der Waals surface area contributed by atoms with Crippen LogP contribution >= 0.6 is 11.3 Å². The molecule has 0 amide bonds. The summed E-state index contributed by atoms with van der Waals surface area (Å²) >= 11 is 1.84. The topological polar surface area (TPSA) is 22.1 Å². The van der Waals surface area contributed by atoms with E-state index < -0.39 is 0 Å². The molecular formula is C15H17NOS. The van der Waals surface area contributed by atoms with Gasteiger partial charge in [0.15, 0.2) is 0 Å². The van der Waals surface area contributed by atoms with Crippen LogP contribution in [-0.4, -0.2) is 11.6 Å². The lowest BCUT2D eigenvalue weighted by Crippen LogP contribution is -2.14. The fourth-order valence-corrected chi connectivity index (χ4v) is 3.40. The molecule has 1 aliphatic rings. The van der Waals surface area contributed by atoms with Crippen molar-refractivity contribution in [2.24, 2.45) is 0 Å². The molecule has 0 spiro atoms. The highest BCUT2D eigenvalue weighted by molar-refractivity contribution is 7.11. The summed E-state index contributed by atoms with van der Waals surface area (Å²) in [4.78, 5) is 5.99. The predicted octanol–water partition coefficient (Wildman–Crippen LogP) is 4.18. The summed E-state index contributed by atoms with van der Waals surface area (Å²) in [5, 5.41) is 1.23. The Bertz CT molecular complexity index is 547. The second-order valence-electron chi connectivity index (χ2n) is 4.98. The zero-order valence-corrected chi connectivity index (χ0v) is 11.5. The van der Waals surface area contributed by atoms with Crippen LogP contribution in [0.1, 0.15) is 47.6 Å². The standard InChI is InChI=1S/C15H17NOS/c1-10(2)14-9-16-15(18-14)12-7-8-17-13-6-4-3-5-11(12)13/h3-6,9-10,12H,7-8H2,1-2H3. The van der Waals surface area contributed by atoms with Crippen LogP contribution in [0.25, 0.3) is 0 Å². The molecule has 0 bridgehead atoms. The molecule has 0 saturated carbocycles. The highest BCUT2D eigenvalue weighted by Gasteiger charge is 2.25. The number of ether oxygens (including phenoxy) is 1. The highest BCUT2D eigenvalue weighted by atomic mass is 32.1. The summed E-state index contributed by atoms with van der Waals surface area (Å²) in [6.45, 7) is 5.22. The Balaban J connectivity index is 1.97. The summed E-state index contributed by atoms with van der Waals surface area (Å²) in [6.07, 6.45) is 3.06. The molecule has 18 heavy (non-hydrogen) atoms. The zero-order valence-electron chi connectivity index (χ0n) is 10.7. The Hall–Kier alpha value is -1.35. The molecule has 1 aliphatic heterocycles. The lowest BCUT2D eigenvalue weighted by atomic mass is 9.94. The minimum atomic E-state index is 0.410. The molecule has 94 valence electrons. The van der Waals surface area contributed by atoms with E-state index in [4.69, 9.17) is 4.74 Å². The smallest absolute Gasteiger partial charge is 0.123 e. The highest BCUT2D eigenvalue weighted by Crippen LogP contribution is 2.40. The van der Waals surface area contributed by atoms with Gasteiger partial charge in [-0.3, -0.25) is 0 Å². The molecule has 0 fully saturated rings. The third-order valence-corrected chi connectivity index (χ3v) is 4.78. The number of hydrogen-bond acceptors (Lipinski definition) is 3. The van der Waals surface area contributed by atoms with Crippen LogP contribution in [0.4, 0.5) is 0 Å². The molecule has 1 aromatic heterocycles. The first kappa shape index (κ1) is 11.7. The molecule has 0 saturated heterocycles. The zero-order chi connectivity index (χ0) is 12.5. The molecule has 3 heteroatoms. The summed E-state index contributed by atoms with van der Waals surface area (Å²) in [5.41, 5.74) is 1.29. The van der Waals surface area contributed by atoms with Crippen molar-refractivity contribution >= 4 is 11.3 Å². The maximum atomic E-state index is 5.71. The Morgan fingerprint density at radius 3 is 2.94 bits per heavy atom. The van der Waals surface area contributed by atoms with Gasteiger partial charge in [0.05, 0.1) is 6.61 Å². The number of thiazole rings is 1. The molecule has 0 radical (unpaired) electrons. The minimum Gasteiger partial charge on any atom is -0.493 e. The van der Waals surface area contributed by atoms with Gasteiger partial charge in [-0.1, -0.05) is 32.0 Å². The predicted molar refractivity (Wildman–Crippen MR) is 74.6 cm³/mol. The molecule has 1 aromatic carbocycles. The van der Waals surface area contributed by atoms with Gasteiger partial charge in [-0.05, 0) is 18.4 Å². The molecule has 1 unspecified atom stereocenters. The Labute approximate surface area is 112 Å². The third-order valence-electron chi connectivity index (χ3n) is 3.37. The second-order valence-corrected chi connectivity index (χ2v) is 6.08. The van der Waals surface area contributed by atoms with Gasteiger partial charge in [0.2, 0.25) is 0 Å². The van der Waals surface area contributed by atoms with Gasteiger partial charge in [-0.2, -0.15) is 0 Å². The summed E-state index contributed by atoms with van der Waals surface area (Å²) in [5.74, 6) is 1.99. The van der Waals surface area contributed by atoms with Gasteiger partial charge in [0, 0.05) is 22.6 Å². The van der Waals surface area contributed by atoms with Crippen molar-refractivity contribution in [3.63, 3.8) is 0 Å².